The fourth-order valence-electron chi connectivity index (χ4n) is 1.72. The van der Waals surface area contributed by atoms with E-state index in [0.29, 0.717) is 12.3 Å². The van der Waals surface area contributed by atoms with Gasteiger partial charge < -0.3 is 10.6 Å². The van der Waals surface area contributed by atoms with E-state index in [0.717, 1.165) is 25.9 Å². The van der Waals surface area contributed by atoms with Crippen LogP contribution in [0, 0.1) is 5.92 Å². The Balaban J connectivity index is 3.54. The van der Waals surface area contributed by atoms with Crippen LogP contribution in [0.2, 0.25) is 0 Å². The van der Waals surface area contributed by atoms with Crippen LogP contribution in [0.5, 0.6) is 0 Å². The zero-order valence-electron chi connectivity index (χ0n) is 11.1. The molecule has 3 nitrogen and oxygen atoms in total. The highest BCUT2D eigenvalue weighted by Crippen LogP contribution is 2.11. The smallest absolute Gasteiger partial charge is 0.220 e. The molecule has 0 aliphatic carbocycles. The highest BCUT2D eigenvalue weighted by molar-refractivity contribution is 5.75. The molecule has 3 heteroatoms. The summed E-state index contributed by atoms with van der Waals surface area (Å²) in [5, 5.41) is 6.08. The van der Waals surface area contributed by atoms with Crippen LogP contribution in [0.4, 0.5) is 0 Å². The lowest BCUT2D eigenvalue weighted by Gasteiger charge is -2.15. The minimum absolute atomic E-state index is 0.199. The molecule has 0 radical (unpaired) electrons. The van der Waals surface area contributed by atoms with E-state index in [2.05, 4.69) is 24.5 Å². The van der Waals surface area contributed by atoms with Gasteiger partial charge in [-0.1, -0.05) is 33.1 Å². The van der Waals surface area contributed by atoms with Crippen molar-refractivity contribution in [2.45, 2.75) is 52.4 Å². The second-order valence-electron chi connectivity index (χ2n) is 4.43. The number of nitrogens with one attached hydrogen (secondary N) is 2. The molecule has 0 aromatic heterocycles. The van der Waals surface area contributed by atoms with E-state index in [1.165, 1.54) is 19.3 Å². The molecule has 0 saturated heterocycles. The summed E-state index contributed by atoms with van der Waals surface area (Å²) >= 11 is 0. The quantitative estimate of drug-likeness (QED) is 0.563. The van der Waals surface area contributed by atoms with Crippen molar-refractivity contribution in [3.8, 4) is 0 Å². The SMILES string of the molecule is CCCCC(CC)CNC(=O)CCCNC. The van der Waals surface area contributed by atoms with Crippen molar-refractivity contribution < 1.29 is 4.79 Å². The summed E-state index contributed by atoms with van der Waals surface area (Å²) in [6.45, 7) is 6.19. The van der Waals surface area contributed by atoms with Crippen molar-refractivity contribution in [3.05, 3.63) is 0 Å². The van der Waals surface area contributed by atoms with Crippen LogP contribution in [-0.2, 0) is 4.79 Å². The number of hydrogen-bond acceptors (Lipinski definition) is 2. The Labute approximate surface area is 100 Å². The molecule has 1 atom stereocenters. The Kier molecular flexibility index (Phi) is 10.5. The van der Waals surface area contributed by atoms with Crippen molar-refractivity contribution in [3.63, 3.8) is 0 Å². The molecule has 0 aliphatic rings. The summed E-state index contributed by atoms with van der Waals surface area (Å²) < 4.78 is 0. The molecule has 0 aromatic carbocycles. The van der Waals surface area contributed by atoms with Gasteiger partial charge in [0, 0.05) is 13.0 Å². The molecular formula is C13H28N2O. The average Bonchev–Trinajstić information content (AvgIpc) is 2.30. The first-order valence-electron chi connectivity index (χ1n) is 6.65. The molecule has 0 bridgehead atoms. The molecule has 1 amide bonds. The van der Waals surface area contributed by atoms with Crippen LogP contribution >= 0.6 is 0 Å². The van der Waals surface area contributed by atoms with Crippen LogP contribution in [0.1, 0.15) is 52.4 Å². The molecule has 0 fully saturated rings. The minimum Gasteiger partial charge on any atom is -0.356 e. The van der Waals surface area contributed by atoms with Gasteiger partial charge in [-0.2, -0.15) is 0 Å². The third-order valence-corrected chi connectivity index (χ3v) is 2.96. The van der Waals surface area contributed by atoms with E-state index in [4.69, 9.17) is 0 Å². The normalized spacial score (nSPS) is 12.4. The molecular weight excluding hydrogens is 200 g/mol. The number of hydrogen-bond donors (Lipinski definition) is 2. The molecule has 96 valence electrons. The summed E-state index contributed by atoms with van der Waals surface area (Å²) in [6, 6.07) is 0. The van der Waals surface area contributed by atoms with Crippen LogP contribution in [0.3, 0.4) is 0 Å². The lowest BCUT2D eigenvalue weighted by Crippen LogP contribution is -2.29. The summed E-state index contributed by atoms with van der Waals surface area (Å²) in [7, 11) is 1.91. The van der Waals surface area contributed by atoms with Gasteiger partial charge in [0.2, 0.25) is 5.91 Å². The third kappa shape index (κ3) is 8.72. The van der Waals surface area contributed by atoms with Crippen molar-refractivity contribution in [2.24, 2.45) is 5.92 Å². The molecule has 0 rings (SSSR count). The van der Waals surface area contributed by atoms with Gasteiger partial charge in [-0.15, -0.1) is 0 Å². The number of amides is 1. The van der Waals surface area contributed by atoms with E-state index in [9.17, 15) is 4.79 Å². The van der Waals surface area contributed by atoms with Gasteiger partial charge in [0.15, 0.2) is 0 Å². The zero-order chi connectivity index (χ0) is 12.2. The Bertz CT molecular complexity index is 171. The Morgan fingerprint density at radius 2 is 2.00 bits per heavy atom. The minimum atomic E-state index is 0.199. The first kappa shape index (κ1) is 15.4. The molecule has 16 heavy (non-hydrogen) atoms. The van der Waals surface area contributed by atoms with Gasteiger partial charge in [-0.05, 0) is 32.4 Å². The van der Waals surface area contributed by atoms with Crippen LogP contribution < -0.4 is 10.6 Å². The molecule has 1 unspecified atom stereocenters. The highest BCUT2D eigenvalue weighted by atomic mass is 16.1. The lowest BCUT2D eigenvalue weighted by atomic mass is 9.99. The molecule has 0 heterocycles. The number of carbonyl (C=O) groups excluding carboxylic acids is 1. The number of rotatable bonds is 10. The molecule has 2 N–H and O–H groups in total. The van der Waals surface area contributed by atoms with Crippen LogP contribution in [0.15, 0.2) is 0 Å². The number of unbranched alkanes of at least 4 members (excludes halogenated alkanes) is 1. The molecule has 0 spiro atoms. The summed E-state index contributed by atoms with van der Waals surface area (Å²) in [6.07, 6.45) is 6.49. The predicted molar refractivity (Wildman–Crippen MR) is 69.5 cm³/mol. The summed E-state index contributed by atoms with van der Waals surface area (Å²) in [5.41, 5.74) is 0. The van der Waals surface area contributed by atoms with Crippen LogP contribution in [0.25, 0.3) is 0 Å². The van der Waals surface area contributed by atoms with E-state index < -0.39 is 0 Å². The van der Waals surface area contributed by atoms with Gasteiger partial charge in [0.1, 0.15) is 0 Å². The van der Waals surface area contributed by atoms with E-state index in [-0.39, 0.29) is 5.91 Å². The highest BCUT2D eigenvalue weighted by Gasteiger charge is 2.07. The van der Waals surface area contributed by atoms with Gasteiger partial charge in [0.25, 0.3) is 0 Å². The largest absolute Gasteiger partial charge is 0.356 e. The fourth-order valence-corrected chi connectivity index (χ4v) is 1.72. The first-order valence-corrected chi connectivity index (χ1v) is 6.65. The maximum atomic E-state index is 11.5. The van der Waals surface area contributed by atoms with E-state index in [1.807, 2.05) is 7.05 Å². The Morgan fingerprint density at radius 1 is 1.25 bits per heavy atom. The van der Waals surface area contributed by atoms with Gasteiger partial charge in [-0.3, -0.25) is 4.79 Å². The lowest BCUT2D eigenvalue weighted by molar-refractivity contribution is -0.121. The topological polar surface area (TPSA) is 41.1 Å². The predicted octanol–water partition coefficient (Wildman–Crippen LogP) is 2.32. The van der Waals surface area contributed by atoms with Crippen molar-refractivity contribution in [1.29, 1.82) is 0 Å². The molecule has 0 aliphatic heterocycles. The van der Waals surface area contributed by atoms with Gasteiger partial charge in [-0.25, -0.2) is 0 Å². The maximum Gasteiger partial charge on any atom is 0.220 e. The van der Waals surface area contributed by atoms with Gasteiger partial charge in [0.05, 0.1) is 0 Å². The zero-order valence-corrected chi connectivity index (χ0v) is 11.1. The standard InChI is InChI=1S/C13H28N2O/c1-4-6-8-12(5-2)11-15-13(16)9-7-10-14-3/h12,14H,4-11H2,1-3H3,(H,15,16). The second kappa shape index (κ2) is 10.9. The number of carbonyl (C=O) groups is 1. The van der Waals surface area contributed by atoms with E-state index >= 15 is 0 Å². The summed E-state index contributed by atoms with van der Waals surface area (Å²) in [5.74, 6) is 0.860. The second-order valence-corrected chi connectivity index (χ2v) is 4.43. The fraction of sp³-hybridized carbons (Fsp3) is 0.923. The Hall–Kier alpha value is -0.570. The average molecular weight is 228 g/mol. The molecule has 0 aromatic rings. The maximum absolute atomic E-state index is 11.5. The molecule has 0 saturated carbocycles. The van der Waals surface area contributed by atoms with Crippen LogP contribution in [-0.4, -0.2) is 26.0 Å². The third-order valence-electron chi connectivity index (χ3n) is 2.96. The first-order chi connectivity index (χ1) is 7.74. The Morgan fingerprint density at radius 3 is 2.56 bits per heavy atom. The van der Waals surface area contributed by atoms with E-state index in [1.54, 1.807) is 0 Å². The van der Waals surface area contributed by atoms with Crippen molar-refractivity contribution >= 4 is 5.91 Å². The van der Waals surface area contributed by atoms with Crippen molar-refractivity contribution in [2.75, 3.05) is 20.1 Å². The monoisotopic (exact) mass is 228 g/mol. The summed E-state index contributed by atoms with van der Waals surface area (Å²) in [4.78, 5) is 11.5. The van der Waals surface area contributed by atoms with Crippen molar-refractivity contribution in [1.82, 2.24) is 10.6 Å². The van der Waals surface area contributed by atoms with Gasteiger partial charge >= 0.3 is 0 Å².